The number of carbonyl (C=O) groups excluding carboxylic acids is 1. The number of hydrogen-bond donors (Lipinski definition) is 3. The van der Waals surface area contributed by atoms with E-state index in [0.29, 0.717) is 16.9 Å². The lowest BCUT2D eigenvalue weighted by Crippen LogP contribution is -2.18. The van der Waals surface area contributed by atoms with Crippen LogP contribution in [0.3, 0.4) is 0 Å². The lowest BCUT2D eigenvalue weighted by Gasteiger charge is -2.07. The van der Waals surface area contributed by atoms with Crippen LogP contribution in [0.2, 0.25) is 0 Å². The van der Waals surface area contributed by atoms with Crippen LogP contribution < -0.4 is 10.2 Å². The molecule has 114 valence electrons. The van der Waals surface area contributed by atoms with Crippen molar-refractivity contribution in [3.63, 3.8) is 0 Å². The van der Waals surface area contributed by atoms with Gasteiger partial charge in [-0.1, -0.05) is 15.9 Å². The van der Waals surface area contributed by atoms with E-state index in [1.807, 2.05) is 0 Å². The SMILES string of the molecule is COc1ccc(Br)cc1C(=O)NN=Cc1ccc(O)cc1O. The maximum Gasteiger partial charge on any atom is 0.275 e. The van der Waals surface area contributed by atoms with E-state index in [0.717, 1.165) is 4.47 Å². The van der Waals surface area contributed by atoms with Crippen LogP contribution in [0.25, 0.3) is 0 Å². The Morgan fingerprint density at radius 2 is 2.05 bits per heavy atom. The number of carbonyl (C=O) groups is 1. The molecule has 0 aliphatic carbocycles. The number of halogens is 1. The number of hydrogen-bond acceptors (Lipinski definition) is 5. The number of benzene rings is 2. The molecule has 0 aliphatic heterocycles. The first kappa shape index (κ1) is 15.8. The highest BCUT2D eigenvalue weighted by molar-refractivity contribution is 9.10. The largest absolute Gasteiger partial charge is 0.508 e. The van der Waals surface area contributed by atoms with Crippen LogP contribution in [0.4, 0.5) is 0 Å². The van der Waals surface area contributed by atoms with Crippen molar-refractivity contribution in [3.8, 4) is 17.2 Å². The molecular formula is C15H13BrN2O4. The number of nitrogens with zero attached hydrogens (tertiary/aromatic N) is 1. The molecule has 22 heavy (non-hydrogen) atoms. The third-order valence-electron chi connectivity index (χ3n) is 2.79. The molecule has 6 nitrogen and oxygen atoms in total. The molecule has 0 heterocycles. The second-order valence-electron chi connectivity index (χ2n) is 4.29. The van der Waals surface area contributed by atoms with Gasteiger partial charge in [-0.15, -0.1) is 0 Å². The zero-order valence-corrected chi connectivity index (χ0v) is 13.2. The van der Waals surface area contributed by atoms with E-state index in [-0.39, 0.29) is 11.5 Å². The number of phenolic OH excluding ortho intramolecular Hbond substituents is 2. The smallest absolute Gasteiger partial charge is 0.275 e. The molecule has 0 radical (unpaired) electrons. The number of amides is 1. The molecule has 0 atom stereocenters. The van der Waals surface area contributed by atoms with Crippen LogP contribution in [0.5, 0.6) is 17.2 Å². The van der Waals surface area contributed by atoms with Crippen LogP contribution in [0, 0.1) is 0 Å². The van der Waals surface area contributed by atoms with E-state index < -0.39 is 5.91 Å². The van der Waals surface area contributed by atoms with Crippen LogP contribution in [-0.2, 0) is 0 Å². The van der Waals surface area contributed by atoms with Gasteiger partial charge in [0.1, 0.15) is 17.2 Å². The van der Waals surface area contributed by atoms with Crippen LogP contribution in [0.15, 0.2) is 46.0 Å². The second kappa shape index (κ2) is 6.95. The van der Waals surface area contributed by atoms with E-state index >= 15 is 0 Å². The minimum atomic E-state index is -0.451. The number of hydrazone groups is 1. The molecule has 0 bridgehead atoms. The molecule has 7 heteroatoms. The van der Waals surface area contributed by atoms with Crippen molar-refractivity contribution < 1.29 is 19.7 Å². The van der Waals surface area contributed by atoms with Gasteiger partial charge in [0.25, 0.3) is 5.91 Å². The van der Waals surface area contributed by atoms with Crippen molar-refractivity contribution >= 4 is 28.1 Å². The molecule has 0 unspecified atom stereocenters. The van der Waals surface area contributed by atoms with E-state index in [4.69, 9.17) is 4.74 Å². The summed E-state index contributed by atoms with van der Waals surface area (Å²) in [7, 11) is 1.47. The van der Waals surface area contributed by atoms with Gasteiger partial charge in [0.05, 0.1) is 18.9 Å². The monoisotopic (exact) mass is 364 g/mol. The Kier molecular flexibility index (Phi) is 5.00. The molecule has 1 amide bonds. The topological polar surface area (TPSA) is 91.2 Å². The lowest BCUT2D eigenvalue weighted by atomic mass is 10.2. The quantitative estimate of drug-likeness (QED) is 0.574. The number of methoxy groups -OCH3 is 1. The minimum Gasteiger partial charge on any atom is -0.508 e. The van der Waals surface area contributed by atoms with E-state index in [1.165, 1.54) is 31.5 Å². The number of rotatable bonds is 4. The molecule has 0 saturated carbocycles. The molecule has 2 rings (SSSR count). The summed E-state index contributed by atoms with van der Waals surface area (Å²) in [5.74, 6) is -0.230. The zero-order valence-electron chi connectivity index (χ0n) is 11.6. The summed E-state index contributed by atoms with van der Waals surface area (Å²) >= 11 is 3.28. The van der Waals surface area contributed by atoms with E-state index in [9.17, 15) is 15.0 Å². The Bertz CT molecular complexity index is 731. The summed E-state index contributed by atoms with van der Waals surface area (Å²) in [6.45, 7) is 0. The first-order chi connectivity index (χ1) is 10.5. The Labute approximate surface area is 135 Å². The molecule has 0 saturated heterocycles. The number of aromatic hydroxyl groups is 2. The predicted octanol–water partition coefficient (Wildman–Crippen LogP) is 2.63. The number of ether oxygens (including phenoxy) is 1. The highest BCUT2D eigenvalue weighted by Crippen LogP contribution is 2.23. The summed E-state index contributed by atoms with van der Waals surface area (Å²) in [5.41, 5.74) is 3.03. The van der Waals surface area contributed by atoms with Gasteiger partial charge in [0.15, 0.2) is 0 Å². The van der Waals surface area contributed by atoms with Crippen LogP contribution in [-0.4, -0.2) is 29.4 Å². The van der Waals surface area contributed by atoms with Gasteiger partial charge in [0.2, 0.25) is 0 Å². The first-order valence-electron chi connectivity index (χ1n) is 6.20. The van der Waals surface area contributed by atoms with Gasteiger partial charge in [0, 0.05) is 16.1 Å². The predicted molar refractivity (Wildman–Crippen MR) is 85.5 cm³/mol. The highest BCUT2D eigenvalue weighted by Gasteiger charge is 2.12. The average molecular weight is 365 g/mol. The van der Waals surface area contributed by atoms with Crippen molar-refractivity contribution in [2.75, 3.05) is 7.11 Å². The maximum absolute atomic E-state index is 12.1. The first-order valence-corrected chi connectivity index (χ1v) is 6.99. The molecule has 0 spiro atoms. The van der Waals surface area contributed by atoms with Crippen LogP contribution >= 0.6 is 15.9 Å². The Hall–Kier alpha value is -2.54. The van der Waals surface area contributed by atoms with Gasteiger partial charge in [-0.2, -0.15) is 5.10 Å². The average Bonchev–Trinajstić information content (AvgIpc) is 2.49. The molecule has 2 aromatic carbocycles. The van der Waals surface area contributed by atoms with Crippen LogP contribution in [0.1, 0.15) is 15.9 Å². The molecule has 3 N–H and O–H groups in total. The Morgan fingerprint density at radius 3 is 2.73 bits per heavy atom. The summed E-state index contributed by atoms with van der Waals surface area (Å²) in [4.78, 5) is 12.1. The minimum absolute atomic E-state index is 0.0578. The second-order valence-corrected chi connectivity index (χ2v) is 5.20. The molecule has 0 aromatic heterocycles. The van der Waals surface area contributed by atoms with Gasteiger partial charge in [-0.3, -0.25) is 4.79 Å². The standard InChI is InChI=1S/C15H13BrN2O4/c1-22-14-5-3-10(16)6-12(14)15(21)18-17-8-9-2-4-11(19)7-13(9)20/h2-8,19-20H,1H3,(H,18,21). The van der Waals surface area contributed by atoms with Crippen molar-refractivity contribution in [2.45, 2.75) is 0 Å². The summed E-state index contributed by atoms with van der Waals surface area (Å²) in [5, 5.41) is 22.6. The summed E-state index contributed by atoms with van der Waals surface area (Å²) in [6.07, 6.45) is 1.27. The molecule has 0 aliphatic rings. The summed E-state index contributed by atoms with van der Waals surface area (Å²) in [6, 6.07) is 9.09. The molecule has 0 fully saturated rings. The lowest BCUT2D eigenvalue weighted by molar-refractivity contribution is 0.0952. The van der Waals surface area contributed by atoms with Gasteiger partial charge < -0.3 is 14.9 Å². The fraction of sp³-hybridized carbons (Fsp3) is 0.0667. The Morgan fingerprint density at radius 1 is 1.27 bits per heavy atom. The zero-order chi connectivity index (χ0) is 16.1. The summed E-state index contributed by atoms with van der Waals surface area (Å²) < 4.78 is 5.85. The van der Waals surface area contributed by atoms with Crippen molar-refractivity contribution in [1.29, 1.82) is 0 Å². The number of nitrogens with one attached hydrogen (secondary N) is 1. The van der Waals surface area contributed by atoms with Crippen molar-refractivity contribution in [2.24, 2.45) is 5.10 Å². The van der Waals surface area contributed by atoms with Gasteiger partial charge in [-0.25, -0.2) is 5.43 Å². The third kappa shape index (κ3) is 3.76. The Balaban J connectivity index is 2.13. The maximum atomic E-state index is 12.1. The van der Waals surface area contributed by atoms with E-state index in [1.54, 1.807) is 18.2 Å². The van der Waals surface area contributed by atoms with Gasteiger partial charge in [-0.05, 0) is 30.3 Å². The molecular weight excluding hydrogens is 352 g/mol. The van der Waals surface area contributed by atoms with Gasteiger partial charge >= 0.3 is 0 Å². The fourth-order valence-corrected chi connectivity index (χ4v) is 2.08. The fourth-order valence-electron chi connectivity index (χ4n) is 1.72. The van der Waals surface area contributed by atoms with Crippen molar-refractivity contribution in [3.05, 3.63) is 52.0 Å². The van der Waals surface area contributed by atoms with E-state index in [2.05, 4.69) is 26.5 Å². The molecule has 2 aromatic rings. The highest BCUT2D eigenvalue weighted by atomic mass is 79.9. The third-order valence-corrected chi connectivity index (χ3v) is 3.28. The number of phenols is 2. The normalized spacial score (nSPS) is 10.6. The van der Waals surface area contributed by atoms with Crippen molar-refractivity contribution in [1.82, 2.24) is 5.43 Å².